The Morgan fingerprint density at radius 3 is 2.27 bits per heavy atom. The van der Waals surface area contributed by atoms with Gasteiger partial charge in [-0.15, -0.1) is 0 Å². The first-order valence-electron chi connectivity index (χ1n) is 4.79. The van der Waals surface area contributed by atoms with Crippen molar-refractivity contribution in [2.75, 3.05) is 13.2 Å². The van der Waals surface area contributed by atoms with Crippen molar-refractivity contribution < 1.29 is 13.5 Å². The maximum atomic E-state index is 12.9. The molecule has 0 bridgehead atoms. The summed E-state index contributed by atoms with van der Waals surface area (Å²) in [6, 6.07) is 3.27. The Morgan fingerprint density at radius 1 is 1.27 bits per heavy atom. The van der Waals surface area contributed by atoms with E-state index in [1.165, 1.54) is 12.1 Å². The second-order valence-electron chi connectivity index (χ2n) is 3.71. The molecule has 84 valence electrons. The third kappa shape index (κ3) is 3.25. The summed E-state index contributed by atoms with van der Waals surface area (Å²) in [5.41, 5.74) is 5.42. The smallest absolute Gasteiger partial charge is 0.126 e. The van der Waals surface area contributed by atoms with Crippen LogP contribution in [0.25, 0.3) is 0 Å². The lowest BCUT2D eigenvalue weighted by molar-refractivity contribution is 0.101. The van der Waals surface area contributed by atoms with Crippen LogP contribution >= 0.6 is 0 Å². The number of nitrogens with two attached hydrogens (primary N) is 1. The van der Waals surface area contributed by atoms with E-state index in [9.17, 15) is 8.78 Å². The summed E-state index contributed by atoms with van der Waals surface area (Å²) in [6.07, 6.45) is 0. The largest absolute Gasteiger partial charge is 0.379 e. The van der Waals surface area contributed by atoms with Crippen molar-refractivity contribution in [2.24, 2.45) is 5.73 Å². The predicted molar refractivity (Wildman–Crippen MR) is 54.4 cm³/mol. The van der Waals surface area contributed by atoms with E-state index in [-0.39, 0.29) is 6.61 Å². The van der Waals surface area contributed by atoms with E-state index in [0.717, 1.165) is 6.07 Å². The highest BCUT2D eigenvalue weighted by molar-refractivity contribution is 5.25. The van der Waals surface area contributed by atoms with E-state index in [0.29, 0.717) is 12.2 Å². The van der Waals surface area contributed by atoms with E-state index in [2.05, 4.69) is 0 Å². The molecular formula is C11H15F2NO. The van der Waals surface area contributed by atoms with E-state index in [1.807, 2.05) is 6.92 Å². The fraction of sp³-hybridized carbons (Fsp3) is 0.455. The van der Waals surface area contributed by atoms with Gasteiger partial charge in [-0.3, -0.25) is 0 Å². The quantitative estimate of drug-likeness (QED) is 0.835. The van der Waals surface area contributed by atoms with Gasteiger partial charge in [-0.2, -0.15) is 0 Å². The summed E-state index contributed by atoms with van der Waals surface area (Å²) in [7, 11) is 0. The zero-order valence-corrected chi connectivity index (χ0v) is 8.89. The topological polar surface area (TPSA) is 35.2 Å². The molecule has 0 amide bonds. The first-order chi connectivity index (χ1) is 6.95. The van der Waals surface area contributed by atoms with Gasteiger partial charge in [0.05, 0.1) is 12.1 Å². The molecule has 0 heterocycles. The Labute approximate surface area is 88.0 Å². The molecule has 1 atom stereocenters. The van der Waals surface area contributed by atoms with Crippen LogP contribution in [0.3, 0.4) is 0 Å². The molecule has 15 heavy (non-hydrogen) atoms. The van der Waals surface area contributed by atoms with Gasteiger partial charge in [0.25, 0.3) is 0 Å². The molecule has 2 N–H and O–H groups in total. The first-order valence-corrected chi connectivity index (χ1v) is 4.79. The highest BCUT2D eigenvalue weighted by atomic mass is 19.1. The summed E-state index contributed by atoms with van der Waals surface area (Å²) in [5.74, 6) is -1.25. The molecule has 4 heteroatoms. The standard InChI is InChI=1S/C11H15F2NO/c1-3-15-7-11(2,14)8-4-9(12)6-10(13)5-8/h4-6H,3,7,14H2,1-2H3. The van der Waals surface area contributed by atoms with Gasteiger partial charge in [0, 0.05) is 12.7 Å². The van der Waals surface area contributed by atoms with Crippen molar-refractivity contribution >= 4 is 0 Å². The summed E-state index contributed by atoms with van der Waals surface area (Å²) in [4.78, 5) is 0. The minimum atomic E-state index is -0.876. The number of ether oxygens (including phenoxy) is 1. The van der Waals surface area contributed by atoms with Crippen molar-refractivity contribution in [3.05, 3.63) is 35.4 Å². The maximum Gasteiger partial charge on any atom is 0.126 e. The zero-order valence-electron chi connectivity index (χ0n) is 8.89. The first kappa shape index (κ1) is 12.1. The van der Waals surface area contributed by atoms with E-state index in [1.54, 1.807) is 6.92 Å². The van der Waals surface area contributed by atoms with E-state index in [4.69, 9.17) is 10.5 Å². The van der Waals surface area contributed by atoms with Gasteiger partial charge in [0.1, 0.15) is 11.6 Å². The molecule has 2 nitrogen and oxygen atoms in total. The average Bonchev–Trinajstić information content (AvgIpc) is 2.13. The van der Waals surface area contributed by atoms with Crippen LogP contribution in [-0.4, -0.2) is 13.2 Å². The third-order valence-corrected chi connectivity index (χ3v) is 2.13. The van der Waals surface area contributed by atoms with Gasteiger partial charge < -0.3 is 10.5 Å². The molecule has 0 aromatic heterocycles. The molecule has 1 rings (SSSR count). The minimum absolute atomic E-state index is 0.229. The maximum absolute atomic E-state index is 12.9. The van der Waals surface area contributed by atoms with Gasteiger partial charge in [0.2, 0.25) is 0 Å². The van der Waals surface area contributed by atoms with E-state index < -0.39 is 17.2 Å². The molecule has 0 aliphatic rings. The summed E-state index contributed by atoms with van der Waals surface area (Å²) < 4.78 is 31.1. The number of benzene rings is 1. The molecule has 0 saturated carbocycles. The Bertz CT molecular complexity index is 319. The SMILES string of the molecule is CCOCC(C)(N)c1cc(F)cc(F)c1. The molecule has 0 fully saturated rings. The Balaban J connectivity index is 2.93. The number of rotatable bonds is 4. The lowest BCUT2D eigenvalue weighted by Gasteiger charge is -2.24. The second kappa shape index (κ2) is 4.68. The molecule has 0 spiro atoms. The van der Waals surface area contributed by atoms with Crippen LogP contribution in [0.4, 0.5) is 8.78 Å². The van der Waals surface area contributed by atoms with Crippen LogP contribution in [-0.2, 0) is 10.3 Å². The summed E-state index contributed by atoms with van der Waals surface area (Å²) in [6.45, 7) is 4.26. The fourth-order valence-corrected chi connectivity index (χ4v) is 1.28. The van der Waals surface area contributed by atoms with Crippen LogP contribution in [0.15, 0.2) is 18.2 Å². The van der Waals surface area contributed by atoms with Crippen molar-refractivity contribution in [1.29, 1.82) is 0 Å². The van der Waals surface area contributed by atoms with Gasteiger partial charge in [-0.1, -0.05) is 0 Å². The number of hydrogen-bond acceptors (Lipinski definition) is 2. The van der Waals surface area contributed by atoms with Crippen molar-refractivity contribution in [3.63, 3.8) is 0 Å². The number of halogens is 2. The molecule has 0 aliphatic heterocycles. The Kier molecular flexibility index (Phi) is 3.77. The molecule has 1 unspecified atom stereocenters. The fourth-order valence-electron chi connectivity index (χ4n) is 1.28. The van der Waals surface area contributed by atoms with E-state index >= 15 is 0 Å². The Hall–Kier alpha value is -1.00. The lowest BCUT2D eigenvalue weighted by atomic mass is 9.94. The average molecular weight is 215 g/mol. The highest BCUT2D eigenvalue weighted by Crippen LogP contribution is 2.20. The van der Waals surface area contributed by atoms with Gasteiger partial charge in [-0.05, 0) is 31.5 Å². The normalized spacial score (nSPS) is 15.0. The molecule has 1 aromatic rings. The van der Waals surface area contributed by atoms with Gasteiger partial charge in [-0.25, -0.2) is 8.78 Å². The van der Waals surface area contributed by atoms with Crippen LogP contribution in [0.2, 0.25) is 0 Å². The van der Waals surface area contributed by atoms with Crippen molar-refractivity contribution in [3.8, 4) is 0 Å². The third-order valence-electron chi connectivity index (χ3n) is 2.13. The van der Waals surface area contributed by atoms with Crippen LogP contribution in [0.1, 0.15) is 19.4 Å². The van der Waals surface area contributed by atoms with Crippen LogP contribution in [0.5, 0.6) is 0 Å². The number of hydrogen-bond donors (Lipinski definition) is 1. The Morgan fingerprint density at radius 2 is 1.80 bits per heavy atom. The highest BCUT2D eigenvalue weighted by Gasteiger charge is 2.22. The molecule has 0 aliphatic carbocycles. The zero-order chi connectivity index (χ0) is 11.5. The van der Waals surface area contributed by atoms with Crippen LogP contribution in [0, 0.1) is 11.6 Å². The van der Waals surface area contributed by atoms with Crippen LogP contribution < -0.4 is 5.73 Å². The molecule has 0 radical (unpaired) electrons. The van der Waals surface area contributed by atoms with Crippen molar-refractivity contribution in [1.82, 2.24) is 0 Å². The molecule has 1 aromatic carbocycles. The van der Waals surface area contributed by atoms with Gasteiger partial charge >= 0.3 is 0 Å². The monoisotopic (exact) mass is 215 g/mol. The predicted octanol–water partition coefficient (Wildman–Crippen LogP) is 2.18. The summed E-state index contributed by atoms with van der Waals surface area (Å²) in [5, 5.41) is 0. The molecule has 0 saturated heterocycles. The summed E-state index contributed by atoms with van der Waals surface area (Å²) >= 11 is 0. The van der Waals surface area contributed by atoms with Gasteiger partial charge in [0.15, 0.2) is 0 Å². The lowest BCUT2D eigenvalue weighted by Crippen LogP contribution is -2.38. The second-order valence-corrected chi connectivity index (χ2v) is 3.71. The minimum Gasteiger partial charge on any atom is -0.379 e. The van der Waals surface area contributed by atoms with Crippen molar-refractivity contribution in [2.45, 2.75) is 19.4 Å². The molecular weight excluding hydrogens is 200 g/mol.